The maximum Gasteiger partial charge on any atom is 0.315 e. The van der Waals surface area contributed by atoms with E-state index in [-0.39, 0.29) is 6.03 Å². The number of hydrogen-bond donors (Lipinski definition) is 2. The minimum atomic E-state index is -0.221. The highest BCUT2D eigenvalue weighted by Gasteiger charge is 2.05. The third-order valence-corrected chi connectivity index (χ3v) is 2.05. The van der Waals surface area contributed by atoms with Crippen molar-refractivity contribution in [3.8, 4) is 0 Å². The van der Waals surface area contributed by atoms with Crippen LogP contribution in [-0.2, 0) is 11.3 Å². The Hall–Kier alpha value is -2.11. The summed E-state index contributed by atoms with van der Waals surface area (Å²) in [6.07, 6.45) is 1.61. The summed E-state index contributed by atoms with van der Waals surface area (Å²) in [5, 5.41) is 5.32. The second kappa shape index (κ2) is 7.26. The lowest BCUT2D eigenvalue weighted by Gasteiger charge is -2.08. The third kappa shape index (κ3) is 4.40. The Morgan fingerprint density at radius 2 is 2.22 bits per heavy atom. The van der Waals surface area contributed by atoms with E-state index in [0.717, 1.165) is 0 Å². The molecule has 6 heteroatoms. The Balaban J connectivity index is 2.59. The molecule has 1 rings (SSSR count). The van der Waals surface area contributed by atoms with Gasteiger partial charge in [-0.2, -0.15) is 0 Å². The molecule has 1 heterocycles. The van der Waals surface area contributed by atoms with Gasteiger partial charge in [0.05, 0.1) is 18.8 Å². The molecule has 0 atom stereocenters. The number of urea groups is 1. The summed E-state index contributed by atoms with van der Waals surface area (Å²) < 4.78 is 5.23. The van der Waals surface area contributed by atoms with Gasteiger partial charge in [-0.3, -0.25) is 0 Å². The lowest BCUT2D eigenvalue weighted by atomic mass is 10.4. The molecule has 0 saturated heterocycles. The highest BCUT2D eigenvalue weighted by molar-refractivity contribution is 5.73. The first-order valence-electron chi connectivity index (χ1n) is 5.83. The van der Waals surface area contributed by atoms with Crippen molar-refractivity contribution in [2.24, 2.45) is 0 Å². The highest BCUT2D eigenvalue weighted by Crippen LogP contribution is 2.08. The van der Waals surface area contributed by atoms with Crippen molar-refractivity contribution in [1.29, 1.82) is 0 Å². The van der Waals surface area contributed by atoms with E-state index in [1.54, 1.807) is 12.3 Å². The topological polar surface area (TPSA) is 76.1 Å². The van der Waals surface area contributed by atoms with Crippen LogP contribution in [0.4, 0.5) is 4.79 Å². The van der Waals surface area contributed by atoms with Gasteiger partial charge in [0.25, 0.3) is 0 Å². The number of hydrogen-bond acceptors (Lipinski definition) is 4. The van der Waals surface area contributed by atoms with Gasteiger partial charge in [-0.15, -0.1) is 0 Å². The fraction of sp³-hybridized carbons (Fsp3) is 0.417. The van der Waals surface area contributed by atoms with Gasteiger partial charge in [0.2, 0.25) is 0 Å². The minimum absolute atomic E-state index is 0.221. The smallest absolute Gasteiger partial charge is 0.315 e. The first-order chi connectivity index (χ1) is 8.67. The summed E-state index contributed by atoms with van der Waals surface area (Å²) in [4.78, 5) is 19.5. The van der Waals surface area contributed by atoms with E-state index in [1.807, 2.05) is 13.8 Å². The molecule has 1 aromatic heterocycles. The van der Waals surface area contributed by atoms with Gasteiger partial charge in [-0.05, 0) is 19.9 Å². The third-order valence-electron chi connectivity index (χ3n) is 2.05. The van der Waals surface area contributed by atoms with Crippen LogP contribution in [0.2, 0.25) is 0 Å². The second-order valence-corrected chi connectivity index (χ2v) is 3.44. The average Bonchev–Trinajstić information content (AvgIpc) is 2.37. The van der Waals surface area contributed by atoms with Crippen LogP contribution >= 0.6 is 0 Å². The summed E-state index contributed by atoms with van der Waals surface area (Å²) in [5.74, 6) is 0.865. The van der Waals surface area contributed by atoms with Crippen molar-refractivity contribution in [2.75, 3.05) is 13.2 Å². The lowest BCUT2D eigenvalue weighted by molar-refractivity contribution is 0.241. The summed E-state index contributed by atoms with van der Waals surface area (Å²) in [5.41, 5.74) is 0.701. The number of rotatable bonds is 6. The molecule has 0 spiro atoms. The largest absolute Gasteiger partial charge is 0.491 e. The Morgan fingerprint density at radius 1 is 1.44 bits per heavy atom. The first-order valence-corrected chi connectivity index (χ1v) is 5.83. The normalized spacial score (nSPS) is 9.67. The van der Waals surface area contributed by atoms with Crippen molar-refractivity contribution in [2.45, 2.75) is 20.4 Å². The second-order valence-electron chi connectivity index (χ2n) is 3.44. The van der Waals surface area contributed by atoms with E-state index in [1.165, 1.54) is 0 Å². The Labute approximate surface area is 106 Å². The molecular formula is C12H18N4O2. The molecule has 0 bridgehead atoms. The monoisotopic (exact) mass is 250 g/mol. The molecule has 0 fully saturated rings. The van der Waals surface area contributed by atoms with Gasteiger partial charge >= 0.3 is 6.03 Å². The van der Waals surface area contributed by atoms with E-state index in [0.29, 0.717) is 37.0 Å². The van der Waals surface area contributed by atoms with E-state index < -0.39 is 0 Å². The number of nitrogens with zero attached hydrogens (tertiary/aromatic N) is 2. The molecule has 1 aromatic rings. The number of carbonyl (C=O) groups is 1. The molecule has 0 aliphatic rings. The number of nitrogens with one attached hydrogen (secondary N) is 2. The van der Waals surface area contributed by atoms with Crippen LogP contribution < -0.4 is 10.6 Å². The number of amides is 2. The predicted octanol–water partition coefficient (Wildman–Crippen LogP) is 1.30. The number of aromatic nitrogens is 2. The molecule has 0 aromatic carbocycles. The van der Waals surface area contributed by atoms with E-state index >= 15 is 0 Å². The molecule has 18 heavy (non-hydrogen) atoms. The van der Waals surface area contributed by atoms with Crippen molar-refractivity contribution in [1.82, 2.24) is 20.6 Å². The maximum atomic E-state index is 11.2. The lowest BCUT2D eigenvalue weighted by Crippen LogP contribution is -2.34. The maximum absolute atomic E-state index is 11.2. The zero-order chi connectivity index (χ0) is 13.4. The van der Waals surface area contributed by atoms with Crippen LogP contribution in [0.3, 0.4) is 0 Å². The summed E-state index contributed by atoms with van der Waals surface area (Å²) in [6.45, 7) is 8.89. The Kier molecular flexibility index (Phi) is 5.63. The van der Waals surface area contributed by atoms with Crippen LogP contribution in [0, 0.1) is 0 Å². The predicted molar refractivity (Wildman–Crippen MR) is 68.6 cm³/mol. The van der Waals surface area contributed by atoms with Crippen LogP contribution in [0.1, 0.15) is 25.4 Å². The van der Waals surface area contributed by atoms with Gasteiger partial charge in [-0.25, -0.2) is 14.8 Å². The van der Waals surface area contributed by atoms with Crippen LogP contribution in [0.15, 0.2) is 18.8 Å². The number of ether oxygens (including phenoxy) is 1. The van der Waals surface area contributed by atoms with Crippen LogP contribution in [0.25, 0.3) is 5.76 Å². The highest BCUT2D eigenvalue weighted by atomic mass is 16.5. The van der Waals surface area contributed by atoms with Gasteiger partial charge < -0.3 is 15.4 Å². The summed E-state index contributed by atoms with van der Waals surface area (Å²) >= 11 is 0. The molecule has 2 amide bonds. The summed E-state index contributed by atoms with van der Waals surface area (Å²) in [7, 11) is 0. The van der Waals surface area contributed by atoms with Crippen LogP contribution in [0.5, 0.6) is 0 Å². The van der Waals surface area contributed by atoms with Crippen molar-refractivity contribution in [3.05, 3.63) is 30.4 Å². The summed E-state index contributed by atoms with van der Waals surface area (Å²) in [6, 6.07) is 1.51. The fourth-order valence-corrected chi connectivity index (χ4v) is 1.26. The molecule has 2 N–H and O–H groups in total. The standard InChI is InChI=1S/C12H18N4O2/c1-4-13-12(17)15-8-10-6-7-14-11(16-10)9(3)18-5-2/h6-7H,3-5,8H2,1-2H3,(H2,13,15,17). The molecule has 0 unspecified atom stereocenters. The van der Waals surface area contributed by atoms with Gasteiger partial charge in [-0.1, -0.05) is 6.58 Å². The minimum Gasteiger partial charge on any atom is -0.491 e. The quantitative estimate of drug-likeness (QED) is 0.746. The van der Waals surface area contributed by atoms with Gasteiger partial charge in [0, 0.05) is 12.7 Å². The van der Waals surface area contributed by atoms with Crippen molar-refractivity contribution < 1.29 is 9.53 Å². The van der Waals surface area contributed by atoms with E-state index in [9.17, 15) is 4.79 Å². The molecule has 0 radical (unpaired) electrons. The molecule has 0 saturated carbocycles. The van der Waals surface area contributed by atoms with Gasteiger partial charge in [0.1, 0.15) is 0 Å². The molecule has 6 nitrogen and oxygen atoms in total. The Bertz CT molecular complexity index is 420. The van der Waals surface area contributed by atoms with Crippen molar-refractivity contribution in [3.63, 3.8) is 0 Å². The average molecular weight is 250 g/mol. The zero-order valence-electron chi connectivity index (χ0n) is 10.7. The van der Waals surface area contributed by atoms with Crippen molar-refractivity contribution >= 4 is 11.8 Å². The van der Waals surface area contributed by atoms with Crippen LogP contribution in [-0.4, -0.2) is 29.2 Å². The molecule has 98 valence electrons. The molecule has 0 aliphatic carbocycles. The van der Waals surface area contributed by atoms with E-state index in [2.05, 4.69) is 27.2 Å². The van der Waals surface area contributed by atoms with Gasteiger partial charge in [0.15, 0.2) is 11.6 Å². The fourth-order valence-electron chi connectivity index (χ4n) is 1.26. The number of carbonyl (C=O) groups excluding carboxylic acids is 1. The SMILES string of the molecule is C=C(OCC)c1nccc(CNC(=O)NCC)n1. The molecular weight excluding hydrogens is 232 g/mol. The first kappa shape index (κ1) is 14.0. The Morgan fingerprint density at radius 3 is 2.89 bits per heavy atom. The van der Waals surface area contributed by atoms with E-state index in [4.69, 9.17) is 4.74 Å². The zero-order valence-corrected chi connectivity index (χ0v) is 10.7. The molecule has 0 aliphatic heterocycles.